The van der Waals surface area contributed by atoms with Crippen molar-refractivity contribution in [2.24, 2.45) is 5.92 Å². The zero-order valence-electron chi connectivity index (χ0n) is 14.2. The van der Waals surface area contributed by atoms with Crippen LogP contribution in [0.15, 0.2) is 24.3 Å². The van der Waals surface area contributed by atoms with Crippen LogP contribution in [0.3, 0.4) is 0 Å². The molecule has 1 fully saturated rings. The van der Waals surface area contributed by atoms with Crippen molar-refractivity contribution in [1.29, 1.82) is 0 Å². The number of sulfonamides is 1. The molecule has 0 bridgehead atoms. The third kappa shape index (κ3) is 4.46. The van der Waals surface area contributed by atoms with Crippen LogP contribution in [0, 0.1) is 12.8 Å². The minimum Gasteiger partial charge on any atom is -0.484 e. The monoisotopic (exact) mass is 356 g/mol. The molecule has 1 aromatic carbocycles. The van der Waals surface area contributed by atoms with E-state index in [9.17, 15) is 18.3 Å². The van der Waals surface area contributed by atoms with Crippen LogP contribution in [0.2, 0.25) is 0 Å². The molecule has 2 atom stereocenters. The van der Waals surface area contributed by atoms with Gasteiger partial charge < -0.3 is 14.7 Å². The van der Waals surface area contributed by atoms with Crippen molar-refractivity contribution in [1.82, 2.24) is 9.21 Å². The van der Waals surface area contributed by atoms with Gasteiger partial charge in [-0.3, -0.25) is 4.79 Å². The molecule has 1 saturated heterocycles. The number of hydrogen-bond donors (Lipinski definition) is 1. The van der Waals surface area contributed by atoms with Crippen molar-refractivity contribution in [2.75, 3.05) is 39.5 Å². The maximum atomic E-state index is 12.3. The Morgan fingerprint density at radius 2 is 2.00 bits per heavy atom. The molecule has 0 spiro atoms. The predicted octanol–water partition coefficient (Wildman–Crippen LogP) is 0.0845. The van der Waals surface area contributed by atoms with Gasteiger partial charge in [0.1, 0.15) is 5.75 Å². The summed E-state index contributed by atoms with van der Waals surface area (Å²) in [7, 11) is -0.512. The van der Waals surface area contributed by atoms with Crippen LogP contribution in [0.25, 0.3) is 0 Å². The van der Waals surface area contributed by atoms with Crippen molar-refractivity contribution in [3.63, 3.8) is 0 Å². The molecule has 0 radical (unpaired) electrons. The van der Waals surface area contributed by atoms with Crippen LogP contribution in [-0.2, 0) is 14.8 Å². The van der Waals surface area contributed by atoms with Gasteiger partial charge in [0.2, 0.25) is 10.0 Å². The summed E-state index contributed by atoms with van der Waals surface area (Å²) >= 11 is 0. The average molecular weight is 356 g/mol. The summed E-state index contributed by atoms with van der Waals surface area (Å²) < 4.78 is 30.5. The van der Waals surface area contributed by atoms with Crippen molar-refractivity contribution in [2.45, 2.75) is 13.0 Å². The van der Waals surface area contributed by atoms with E-state index in [1.165, 1.54) is 19.0 Å². The first-order valence-corrected chi connectivity index (χ1v) is 9.36. The Labute approximate surface area is 142 Å². The first kappa shape index (κ1) is 18.7. The quantitative estimate of drug-likeness (QED) is 0.780. The topological polar surface area (TPSA) is 87.1 Å². The Balaban J connectivity index is 1.92. The van der Waals surface area contributed by atoms with Crippen LogP contribution in [-0.4, -0.2) is 74.3 Å². The number of β-amino-alcohol motifs (C(OH)–C–C–N with tert-alkyl or cyclic N) is 1. The van der Waals surface area contributed by atoms with Gasteiger partial charge in [-0.1, -0.05) is 18.2 Å². The zero-order valence-corrected chi connectivity index (χ0v) is 15.0. The number of aliphatic hydroxyl groups excluding tert-OH is 1. The molecule has 24 heavy (non-hydrogen) atoms. The molecule has 2 unspecified atom stereocenters. The summed E-state index contributed by atoms with van der Waals surface area (Å²) in [4.78, 5) is 13.7. The lowest BCUT2D eigenvalue weighted by molar-refractivity contribution is -0.132. The van der Waals surface area contributed by atoms with Crippen molar-refractivity contribution >= 4 is 15.9 Å². The molecule has 0 saturated carbocycles. The Hall–Kier alpha value is -1.64. The fraction of sp³-hybridized carbons (Fsp3) is 0.562. The molecule has 0 aromatic heterocycles. The Bertz CT molecular complexity index is 689. The molecule has 0 aliphatic carbocycles. The lowest BCUT2D eigenvalue weighted by atomic mass is 10.1. The van der Waals surface area contributed by atoms with E-state index < -0.39 is 22.0 Å². The van der Waals surface area contributed by atoms with Crippen LogP contribution >= 0.6 is 0 Å². The van der Waals surface area contributed by atoms with Crippen molar-refractivity contribution in [3.8, 4) is 5.75 Å². The van der Waals surface area contributed by atoms with Crippen LogP contribution in [0.5, 0.6) is 5.75 Å². The van der Waals surface area contributed by atoms with Gasteiger partial charge in [-0.05, 0) is 18.6 Å². The van der Waals surface area contributed by atoms with E-state index in [-0.39, 0.29) is 31.4 Å². The standard InChI is InChI=1S/C16H24N2O5S/c1-12-6-4-5-7-15(12)23-10-16(20)18-8-13(14(19)9-18)11-24(21,22)17(2)3/h4-7,13-14,19H,8-11H2,1-3H3. The van der Waals surface area contributed by atoms with E-state index in [2.05, 4.69) is 0 Å². The highest BCUT2D eigenvalue weighted by Crippen LogP contribution is 2.21. The summed E-state index contributed by atoms with van der Waals surface area (Å²) in [6, 6.07) is 7.39. The summed E-state index contributed by atoms with van der Waals surface area (Å²) in [6.07, 6.45) is -0.845. The first-order valence-electron chi connectivity index (χ1n) is 7.75. The zero-order chi connectivity index (χ0) is 17.9. The first-order chi connectivity index (χ1) is 11.2. The second-order valence-electron chi connectivity index (χ2n) is 6.24. The number of likely N-dealkylation sites (tertiary alicyclic amines) is 1. The number of aryl methyl sites for hydroxylation is 1. The molecule has 1 N–H and O–H groups in total. The van der Waals surface area contributed by atoms with E-state index >= 15 is 0 Å². The number of ether oxygens (including phenoxy) is 1. The van der Waals surface area contributed by atoms with Gasteiger partial charge in [0, 0.05) is 33.1 Å². The number of amides is 1. The Kier molecular flexibility index (Phi) is 5.84. The van der Waals surface area contributed by atoms with E-state index in [1.807, 2.05) is 25.1 Å². The Morgan fingerprint density at radius 1 is 1.33 bits per heavy atom. The largest absolute Gasteiger partial charge is 0.484 e. The molecule has 1 amide bonds. The van der Waals surface area contributed by atoms with Gasteiger partial charge in [-0.2, -0.15) is 0 Å². The highest BCUT2D eigenvalue weighted by atomic mass is 32.2. The van der Waals surface area contributed by atoms with Gasteiger partial charge in [-0.25, -0.2) is 12.7 Å². The number of rotatable bonds is 6. The molecule has 1 aliphatic heterocycles. The molecule has 2 rings (SSSR count). The fourth-order valence-electron chi connectivity index (χ4n) is 2.59. The van der Waals surface area contributed by atoms with Crippen LogP contribution < -0.4 is 4.74 Å². The normalized spacial score (nSPS) is 21.3. The number of hydrogen-bond acceptors (Lipinski definition) is 5. The average Bonchev–Trinajstić information content (AvgIpc) is 2.86. The lowest BCUT2D eigenvalue weighted by Gasteiger charge is -2.18. The fourth-order valence-corrected chi connectivity index (χ4v) is 3.76. The maximum absolute atomic E-state index is 12.3. The van der Waals surface area contributed by atoms with Gasteiger partial charge in [0.25, 0.3) is 5.91 Å². The van der Waals surface area contributed by atoms with Gasteiger partial charge in [0.05, 0.1) is 11.9 Å². The third-order valence-corrected chi connectivity index (χ3v) is 6.15. The third-order valence-electron chi connectivity index (χ3n) is 4.18. The van der Waals surface area contributed by atoms with E-state index in [0.29, 0.717) is 5.75 Å². The number of nitrogens with zero attached hydrogens (tertiary/aromatic N) is 2. The summed E-state index contributed by atoms with van der Waals surface area (Å²) in [5, 5.41) is 10.1. The van der Waals surface area contributed by atoms with Crippen molar-refractivity contribution < 1.29 is 23.1 Å². The molecular formula is C16H24N2O5S. The molecule has 134 valence electrons. The summed E-state index contributed by atoms with van der Waals surface area (Å²) in [6.45, 7) is 2.10. The number of carbonyl (C=O) groups is 1. The number of carbonyl (C=O) groups excluding carboxylic acids is 1. The predicted molar refractivity (Wildman–Crippen MR) is 90.2 cm³/mol. The number of benzene rings is 1. The molecule has 1 aliphatic rings. The van der Waals surface area contributed by atoms with Gasteiger partial charge >= 0.3 is 0 Å². The maximum Gasteiger partial charge on any atom is 0.260 e. The van der Waals surface area contributed by atoms with Gasteiger partial charge in [-0.15, -0.1) is 0 Å². The Morgan fingerprint density at radius 3 is 2.62 bits per heavy atom. The van der Waals surface area contributed by atoms with Crippen LogP contribution in [0.1, 0.15) is 5.56 Å². The highest BCUT2D eigenvalue weighted by Gasteiger charge is 2.37. The minimum atomic E-state index is -3.42. The van der Waals surface area contributed by atoms with Crippen molar-refractivity contribution in [3.05, 3.63) is 29.8 Å². The molecule has 1 heterocycles. The summed E-state index contributed by atoms with van der Waals surface area (Å²) in [5.41, 5.74) is 0.932. The number of para-hydroxylation sites is 1. The van der Waals surface area contributed by atoms with E-state index in [4.69, 9.17) is 4.74 Å². The second-order valence-corrected chi connectivity index (χ2v) is 8.47. The van der Waals surface area contributed by atoms with E-state index in [1.54, 1.807) is 6.07 Å². The summed E-state index contributed by atoms with van der Waals surface area (Å²) in [5.74, 6) is -0.289. The molecule has 8 heteroatoms. The van der Waals surface area contributed by atoms with E-state index in [0.717, 1.165) is 9.87 Å². The second kappa shape index (κ2) is 7.50. The minimum absolute atomic E-state index is 0.129. The molecule has 1 aromatic rings. The van der Waals surface area contributed by atoms with Crippen LogP contribution in [0.4, 0.5) is 0 Å². The highest BCUT2D eigenvalue weighted by molar-refractivity contribution is 7.89. The SMILES string of the molecule is Cc1ccccc1OCC(=O)N1CC(O)C(CS(=O)(=O)N(C)C)C1. The lowest BCUT2D eigenvalue weighted by Crippen LogP contribution is -2.35. The van der Waals surface area contributed by atoms with Gasteiger partial charge in [0.15, 0.2) is 6.61 Å². The number of aliphatic hydroxyl groups is 1. The molecular weight excluding hydrogens is 332 g/mol. The smallest absolute Gasteiger partial charge is 0.260 e. The molecule has 7 nitrogen and oxygen atoms in total.